The number of hydrogen-bond acceptors (Lipinski definition) is 5. The van der Waals surface area contributed by atoms with Gasteiger partial charge in [-0.15, -0.1) is 0 Å². The summed E-state index contributed by atoms with van der Waals surface area (Å²) in [6.45, 7) is 3.05. The Bertz CT molecular complexity index is 336. The van der Waals surface area contributed by atoms with Gasteiger partial charge in [0.15, 0.2) is 0 Å². The van der Waals surface area contributed by atoms with Gasteiger partial charge in [0.2, 0.25) is 0 Å². The van der Waals surface area contributed by atoms with Gasteiger partial charge >= 0.3 is 0 Å². The quantitative estimate of drug-likeness (QED) is 0.659. The molecular weight excluding hydrogens is 248 g/mol. The molecule has 0 aliphatic heterocycles. The van der Waals surface area contributed by atoms with Crippen molar-refractivity contribution in [2.45, 2.75) is 19.1 Å². The fourth-order valence-corrected chi connectivity index (χ4v) is 1.44. The fraction of sp³-hybridized carbons (Fsp3) is 0.571. The molecule has 0 aliphatic rings. The van der Waals surface area contributed by atoms with Gasteiger partial charge in [-0.1, -0.05) is 12.1 Å². The van der Waals surface area contributed by atoms with E-state index in [1.165, 1.54) is 0 Å². The van der Waals surface area contributed by atoms with Crippen LogP contribution in [0.25, 0.3) is 0 Å². The average Bonchev–Trinajstić information content (AvgIpc) is 2.42. The van der Waals surface area contributed by atoms with Crippen LogP contribution in [-0.4, -0.2) is 49.9 Å². The summed E-state index contributed by atoms with van der Waals surface area (Å²) >= 11 is 0. The molecule has 1 rings (SSSR count). The lowest BCUT2D eigenvalue weighted by atomic mass is 10.1. The Labute approximate surface area is 113 Å². The zero-order valence-electron chi connectivity index (χ0n) is 11.4. The summed E-state index contributed by atoms with van der Waals surface area (Å²) in [6.07, 6.45) is -1.16. The van der Waals surface area contributed by atoms with Crippen molar-refractivity contribution in [2.24, 2.45) is 0 Å². The molecule has 2 N–H and O–H groups in total. The zero-order chi connectivity index (χ0) is 14.1. The highest BCUT2D eigenvalue weighted by atomic mass is 16.5. The molecule has 19 heavy (non-hydrogen) atoms. The van der Waals surface area contributed by atoms with Crippen molar-refractivity contribution in [2.75, 3.05) is 33.5 Å². The third-order valence-corrected chi connectivity index (χ3v) is 2.55. The van der Waals surface area contributed by atoms with Gasteiger partial charge in [0.1, 0.15) is 18.5 Å². The minimum Gasteiger partial charge on any atom is -0.491 e. The highest BCUT2D eigenvalue weighted by Crippen LogP contribution is 2.17. The molecule has 0 aliphatic carbocycles. The summed E-state index contributed by atoms with van der Waals surface area (Å²) in [5.74, 6) is 0.653. The summed E-state index contributed by atoms with van der Waals surface area (Å²) in [5.41, 5.74) is 0.829. The maximum Gasteiger partial charge on any atom is 0.119 e. The van der Waals surface area contributed by atoms with E-state index in [0.717, 1.165) is 5.56 Å². The van der Waals surface area contributed by atoms with E-state index in [2.05, 4.69) is 0 Å². The summed E-state index contributed by atoms with van der Waals surface area (Å²) in [6, 6.07) is 7.12. The molecule has 0 radical (unpaired) electrons. The second-order valence-corrected chi connectivity index (χ2v) is 4.28. The molecule has 0 bridgehead atoms. The molecule has 0 heterocycles. The summed E-state index contributed by atoms with van der Waals surface area (Å²) < 4.78 is 15.4. The Morgan fingerprint density at radius 2 is 1.74 bits per heavy atom. The molecule has 1 unspecified atom stereocenters. The first-order valence-electron chi connectivity index (χ1n) is 6.29. The van der Waals surface area contributed by atoms with Crippen LogP contribution >= 0.6 is 0 Å². The van der Waals surface area contributed by atoms with Crippen LogP contribution in [0.15, 0.2) is 24.3 Å². The highest BCUT2D eigenvalue weighted by Gasteiger charge is 2.06. The van der Waals surface area contributed by atoms with Crippen molar-refractivity contribution in [3.63, 3.8) is 0 Å². The normalized spacial score (nSPS) is 14.1. The topological polar surface area (TPSA) is 68.2 Å². The van der Waals surface area contributed by atoms with Gasteiger partial charge in [-0.25, -0.2) is 0 Å². The standard InChI is InChI=1S/C14H22O5/c1-11(15)12-3-5-14(6-4-12)19-10-13(16)9-18-8-7-17-2/h3-6,11,13,15-16H,7-10H2,1-2H3/t11-,13?/m1/s1. The second-order valence-electron chi connectivity index (χ2n) is 4.28. The van der Waals surface area contributed by atoms with Crippen molar-refractivity contribution < 1.29 is 24.4 Å². The fourth-order valence-electron chi connectivity index (χ4n) is 1.44. The molecule has 5 heteroatoms. The van der Waals surface area contributed by atoms with E-state index in [9.17, 15) is 10.2 Å². The molecule has 1 aromatic rings. The van der Waals surface area contributed by atoms with Gasteiger partial charge in [0, 0.05) is 7.11 Å². The lowest BCUT2D eigenvalue weighted by Gasteiger charge is -2.13. The van der Waals surface area contributed by atoms with E-state index >= 15 is 0 Å². The van der Waals surface area contributed by atoms with E-state index in [4.69, 9.17) is 14.2 Å². The Balaban J connectivity index is 2.24. The van der Waals surface area contributed by atoms with Gasteiger partial charge in [0.25, 0.3) is 0 Å². The molecule has 0 amide bonds. The number of ether oxygens (including phenoxy) is 3. The Morgan fingerprint density at radius 1 is 1.05 bits per heavy atom. The number of methoxy groups -OCH3 is 1. The van der Waals surface area contributed by atoms with Crippen LogP contribution in [0.3, 0.4) is 0 Å². The van der Waals surface area contributed by atoms with Gasteiger partial charge in [0.05, 0.1) is 25.9 Å². The predicted octanol–water partition coefficient (Wildman–Crippen LogP) is 1.14. The van der Waals surface area contributed by atoms with Crippen LogP contribution in [0, 0.1) is 0 Å². The van der Waals surface area contributed by atoms with Crippen molar-refractivity contribution in [3.8, 4) is 5.75 Å². The Kier molecular flexibility index (Phi) is 7.43. The summed E-state index contributed by atoms with van der Waals surface area (Å²) in [5, 5.41) is 19.0. The lowest BCUT2D eigenvalue weighted by Crippen LogP contribution is -2.24. The van der Waals surface area contributed by atoms with Gasteiger partial charge in [-0.2, -0.15) is 0 Å². The summed E-state index contributed by atoms with van der Waals surface area (Å²) in [4.78, 5) is 0. The molecule has 0 aromatic heterocycles. The molecular formula is C14H22O5. The lowest BCUT2D eigenvalue weighted by molar-refractivity contribution is -0.00420. The molecule has 5 nitrogen and oxygen atoms in total. The Morgan fingerprint density at radius 3 is 2.32 bits per heavy atom. The highest BCUT2D eigenvalue weighted by molar-refractivity contribution is 5.28. The minimum absolute atomic E-state index is 0.168. The van der Waals surface area contributed by atoms with Gasteiger partial charge in [-0.05, 0) is 24.6 Å². The molecule has 0 spiro atoms. The van der Waals surface area contributed by atoms with E-state index < -0.39 is 12.2 Å². The average molecular weight is 270 g/mol. The van der Waals surface area contributed by atoms with E-state index in [0.29, 0.717) is 19.0 Å². The first-order chi connectivity index (χ1) is 9.13. The van der Waals surface area contributed by atoms with E-state index in [1.54, 1.807) is 38.3 Å². The Hall–Kier alpha value is -1.14. The number of rotatable bonds is 9. The first-order valence-corrected chi connectivity index (χ1v) is 6.29. The third-order valence-electron chi connectivity index (χ3n) is 2.55. The predicted molar refractivity (Wildman–Crippen MR) is 71.3 cm³/mol. The van der Waals surface area contributed by atoms with Crippen LogP contribution in [0.2, 0.25) is 0 Å². The van der Waals surface area contributed by atoms with Gasteiger partial charge in [-0.3, -0.25) is 0 Å². The minimum atomic E-state index is -0.673. The second kappa shape index (κ2) is 8.87. The van der Waals surface area contributed by atoms with Crippen LogP contribution in [0.1, 0.15) is 18.6 Å². The van der Waals surface area contributed by atoms with Crippen LogP contribution in [0.4, 0.5) is 0 Å². The van der Waals surface area contributed by atoms with E-state index in [-0.39, 0.29) is 13.2 Å². The maximum atomic E-state index is 9.62. The SMILES string of the molecule is COCCOCC(O)COc1ccc([C@@H](C)O)cc1. The largest absolute Gasteiger partial charge is 0.491 e. The molecule has 108 valence electrons. The van der Waals surface area contributed by atoms with Gasteiger partial charge < -0.3 is 24.4 Å². The first kappa shape index (κ1) is 15.9. The molecule has 1 aromatic carbocycles. The molecule has 0 saturated carbocycles. The van der Waals surface area contributed by atoms with Crippen molar-refractivity contribution >= 4 is 0 Å². The molecule has 0 saturated heterocycles. The van der Waals surface area contributed by atoms with Crippen LogP contribution in [-0.2, 0) is 9.47 Å². The third kappa shape index (κ3) is 6.54. The monoisotopic (exact) mass is 270 g/mol. The van der Waals surface area contributed by atoms with Crippen LogP contribution in [0.5, 0.6) is 5.75 Å². The molecule has 0 fully saturated rings. The van der Waals surface area contributed by atoms with Crippen LogP contribution < -0.4 is 4.74 Å². The molecule has 2 atom stereocenters. The smallest absolute Gasteiger partial charge is 0.119 e. The van der Waals surface area contributed by atoms with Crippen molar-refractivity contribution in [3.05, 3.63) is 29.8 Å². The number of aliphatic hydroxyl groups is 2. The summed E-state index contributed by atoms with van der Waals surface area (Å²) in [7, 11) is 1.60. The number of benzene rings is 1. The maximum absolute atomic E-state index is 9.62. The van der Waals surface area contributed by atoms with E-state index in [1.807, 2.05) is 0 Å². The van der Waals surface area contributed by atoms with Crippen molar-refractivity contribution in [1.29, 1.82) is 0 Å². The number of aliphatic hydroxyl groups excluding tert-OH is 2. The number of hydrogen-bond donors (Lipinski definition) is 2. The zero-order valence-corrected chi connectivity index (χ0v) is 11.4. The van der Waals surface area contributed by atoms with Crippen molar-refractivity contribution in [1.82, 2.24) is 0 Å².